The first-order valence-electron chi connectivity index (χ1n) is 6.41. The van der Waals surface area contributed by atoms with Gasteiger partial charge in [0.1, 0.15) is 11.6 Å². The highest BCUT2D eigenvalue weighted by molar-refractivity contribution is 6.32. The molecule has 2 N–H and O–H groups in total. The molecule has 0 heterocycles. The van der Waals surface area contributed by atoms with Crippen LogP contribution in [-0.2, 0) is 13.1 Å². The van der Waals surface area contributed by atoms with E-state index in [1.807, 2.05) is 18.2 Å². The van der Waals surface area contributed by atoms with Gasteiger partial charge in [-0.3, -0.25) is 0 Å². The molecule has 106 valence electrons. The van der Waals surface area contributed by atoms with Gasteiger partial charge in [-0.2, -0.15) is 0 Å². The largest absolute Gasteiger partial charge is 0.506 e. The lowest BCUT2D eigenvalue weighted by molar-refractivity contribution is 0.475. The summed E-state index contributed by atoms with van der Waals surface area (Å²) in [6.07, 6.45) is 0. The Morgan fingerprint density at radius 2 is 1.65 bits per heavy atom. The summed E-state index contributed by atoms with van der Waals surface area (Å²) in [5, 5.41) is 13.0. The number of nitrogens with one attached hydrogen (secondary N) is 1. The van der Waals surface area contributed by atoms with E-state index in [1.54, 1.807) is 26.0 Å². The van der Waals surface area contributed by atoms with Crippen molar-refractivity contribution < 1.29 is 9.50 Å². The molecule has 0 unspecified atom stereocenters. The molecule has 0 saturated carbocycles. The van der Waals surface area contributed by atoms with E-state index in [4.69, 9.17) is 11.6 Å². The van der Waals surface area contributed by atoms with Gasteiger partial charge in [0.05, 0.1) is 5.02 Å². The summed E-state index contributed by atoms with van der Waals surface area (Å²) in [6, 6.07) is 8.81. The first-order chi connectivity index (χ1) is 9.47. The highest BCUT2D eigenvalue weighted by atomic mass is 35.5. The third-order valence-corrected chi connectivity index (χ3v) is 3.47. The molecule has 0 radical (unpaired) electrons. The summed E-state index contributed by atoms with van der Waals surface area (Å²) in [5.74, 6) is -0.0562. The molecule has 0 amide bonds. The van der Waals surface area contributed by atoms with E-state index in [0.717, 1.165) is 11.1 Å². The predicted molar refractivity (Wildman–Crippen MR) is 79.5 cm³/mol. The molecule has 0 atom stereocenters. The molecule has 4 heteroatoms. The van der Waals surface area contributed by atoms with Crippen molar-refractivity contribution in [3.63, 3.8) is 0 Å². The lowest BCUT2D eigenvalue weighted by Crippen LogP contribution is -2.13. The molecular formula is C16H17ClFNO. The summed E-state index contributed by atoms with van der Waals surface area (Å²) < 4.78 is 13.5. The third kappa shape index (κ3) is 3.50. The zero-order chi connectivity index (χ0) is 14.7. The molecule has 2 nitrogen and oxygen atoms in total. The first-order valence-corrected chi connectivity index (χ1v) is 6.79. The fourth-order valence-electron chi connectivity index (χ4n) is 2.15. The highest BCUT2D eigenvalue weighted by Gasteiger charge is 2.04. The number of benzene rings is 2. The molecule has 0 spiro atoms. The van der Waals surface area contributed by atoms with Crippen LogP contribution in [0.25, 0.3) is 0 Å². The second-order valence-electron chi connectivity index (χ2n) is 4.93. The van der Waals surface area contributed by atoms with Crippen LogP contribution in [0, 0.1) is 19.7 Å². The van der Waals surface area contributed by atoms with Crippen molar-refractivity contribution in [2.24, 2.45) is 0 Å². The summed E-state index contributed by atoms with van der Waals surface area (Å²) in [7, 11) is 0. The van der Waals surface area contributed by atoms with Crippen LogP contribution in [0.1, 0.15) is 22.3 Å². The van der Waals surface area contributed by atoms with Crippen molar-refractivity contribution in [1.82, 2.24) is 5.32 Å². The zero-order valence-electron chi connectivity index (χ0n) is 11.5. The van der Waals surface area contributed by atoms with Crippen LogP contribution >= 0.6 is 11.6 Å². The van der Waals surface area contributed by atoms with Gasteiger partial charge in [-0.15, -0.1) is 0 Å². The molecule has 20 heavy (non-hydrogen) atoms. The maximum atomic E-state index is 13.5. The lowest BCUT2D eigenvalue weighted by atomic mass is 10.1. The molecule has 0 bridgehead atoms. The monoisotopic (exact) mass is 293 g/mol. The topological polar surface area (TPSA) is 32.3 Å². The molecule has 0 fully saturated rings. The normalized spacial score (nSPS) is 10.8. The Balaban J connectivity index is 1.97. The van der Waals surface area contributed by atoms with Gasteiger partial charge >= 0.3 is 0 Å². The minimum Gasteiger partial charge on any atom is -0.506 e. The van der Waals surface area contributed by atoms with E-state index in [9.17, 15) is 9.50 Å². The van der Waals surface area contributed by atoms with Crippen molar-refractivity contribution in [3.8, 4) is 5.75 Å². The molecule has 0 aliphatic heterocycles. The molecule has 2 aromatic carbocycles. The standard InChI is InChI=1S/C16H17ClFNO/c1-10-5-13(6-11(2)16(10)18)9-19-8-12-3-4-15(20)14(17)7-12/h3-7,19-20H,8-9H2,1-2H3. The smallest absolute Gasteiger partial charge is 0.134 e. The first kappa shape index (κ1) is 14.8. The van der Waals surface area contributed by atoms with E-state index in [2.05, 4.69) is 5.32 Å². The van der Waals surface area contributed by atoms with E-state index < -0.39 is 0 Å². The van der Waals surface area contributed by atoms with Crippen molar-refractivity contribution >= 4 is 11.6 Å². The summed E-state index contributed by atoms with van der Waals surface area (Å²) in [4.78, 5) is 0. The van der Waals surface area contributed by atoms with Gasteiger partial charge in [0.2, 0.25) is 0 Å². The maximum Gasteiger partial charge on any atom is 0.134 e. The van der Waals surface area contributed by atoms with Crippen molar-refractivity contribution in [3.05, 3.63) is 63.4 Å². The molecule has 0 aliphatic rings. The summed E-state index contributed by atoms with van der Waals surface area (Å²) >= 11 is 5.85. The Hall–Kier alpha value is -1.58. The zero-order valence-corrected chi connectivity index (χ0v) is 12.3. The van der Waals surface area contributed by atoms with Crippen LogP contribution in [0.4, 0.5) is 4.39 Å². The number of aryl methyl sites for hydroxylation is 2. The van der Waals surface area contributed by atoms with Crippen molar-refractivity contribution in [2.45, 2.75) is 26.9 Å². The predicted octanol–water partition coefficient (Wildman–Crippen LogP) is 4.09. The number of phenols is 1. The summed E-state index contributed by atoms with van der Waals surface area (Å²) in [5.41, 5.74) is 3.36. The Morgan fingerprint density at radius 1 is 1.05 bits per heavy atom. The van der Waals surface area contributed by atoms with Crippen molar-refractivity contribution in [1.29, 1.82) is 0 Å². The average Bonchev–Trinajstić information content (AvgIpc) is 2.40. The molecule has 0 aliphatic carbocycles. The molecule has 0 aromatic heterocycles. The maximum absolute atomic E-state index is 13.5. The van der Waals surface area contributed by atoms with Gasteiger partial charge in [-0.1, -0.05) is 29.8 Å². The third-order valence-electron chi connectivity index (χ3n) is 3.17. The van der Waals surface area contributed by atoms with E-state index in [0.29, 0.717) is 29.2 Å². The minimum absolute atomic E-state index is 0.0835. The SMILES string of the molecule is Cc1cc(CNCc2ccc(O)c(Cl)c2)cc(C)c1F. The number of phenolic OH excluding ortho intramolecular Hbond substituents is 1. The van der Waals surface area contributed by atoms with Crippen LogP contribution in [-0.4, -0.2) is 5.11 Å². The van der Waals surface area contributed by atoms with Gasteiger partial charge in [0.15, 0.2) is 0 Å². The second-order valence-corrected chi connectivity index (χ2v) is 5.34. The number of hydrogen-bond donors (Lipinski definition) is 2. The molecule has 2 rings (SSSR count). The molecular weight excluding hydrogens is 277 g/mol. The highest BCUT2D eigenvalue weighted by Crippen LogP contribution is 2.23. The van der Waals surface area contributed by atoms with Gasteiger partial charge in [0.25, 0.3) is 0 Å². The lowest BCUT2D eigenvalue weighted by Gasteiger charge is -2.09. The fraction of sp³-hybridized carbons (Fsp3) is 0.250. The van der Waals surface area contributed by atoms with E-state index in [1.165, 1.54) is 0 Å². The van der Waals surface area contributed by atoms with Crippen LogP contribution in [0.3, 0.4) is 0 Å². The Bertz CT molecular complexity index is 605. The van der Waals surface area contributed by atoms with Gasteiger partial charge in [-0.05, 0) is 48.2 Å². The van der Waals surface area contributed by atoms with Gasteiger partial charge in [0, 0.05) is 13.1 Å². The second kappa shape index (κ2) is 6.25. The number of halogens is 2. The van der Waals surface area contributed by atoms with Crippen LogP contribution < -0.4 is 5.32 Å². The molecule has 2 aromatic rings. The average molecular weight is 294 g/mol. The minimum atomic E-state index is -0.140. The van der Waals surface area contributed by atoms with Crippen LogP contribution in [0.2, 0.25) is 5.02 Å². The van der Waals surface area contributed by atoms with E-state index in [-0.39, 0.29) is 11.6 Å². The fourth-order valence-corrected chi connectivity index (χ4v) is 2.35. The Labute approximate surface area is 123 Å². The summed E-state index contributed by atoms with van der Waals surface area (Å²) in [6.45, 7) is 4.83. The molecule has 0 saturated heterocycles. The Morgan fingerprint density at radius 3 is 2.25 bits per heavy atom. The van der Waals surface area contributed by atoms with Crippen molar-refractivity contribution in [2.75, 3.05) is 0 Å². The van der Waals surface area contributed by atoms with Gasteiger partial charge < -0.3 is 10.4 Å². The number of hydrogen-bond acceptors (Lipinski definition) is 2. The van der Waals surface area contributed by atoms with Gasteiger partial charge in [-0.25, -0.2) is 4.39 Å². The van der Waals surface area contributed by atoms with Crippen LogP contribution in [0.5, 0.6) is 5.75 Å². The quantitative estimate of drug-likeness (QED) is 0.890. The number of rotatable bonds is 4. The number of aromatic hydroxyl groups is 1. The van der Waals surface area contributed by atoms with E-state index >= 15 is 0 Å². The van der Waals surface area contributed by atoms with Crippen LogP contribution in [0.15, 0.2) is 30.3 Å². The Kier molecular flexibility index (Phi) is 4.63.